The minimum Gasteiger partial charge on any atom is -0.0882 e. The lowest BCUT2D eigenvalue weighted by atomic mass is 9.78. The van der Waals surface area contributed by atoms with E-state index in [1.807, 2.05) is 0 Å². The van der Waals surface area contributed by atoms with E-state index in [0.29, 0.717) is 0 Å². The summed E-state index contributed by atoms with van der Waals surface area (Å²) in [6, 6.07) is 0. The van der Waals surface area contributed by atoms with Crippen molar-refractivity contribution < 1.29 is 0 Å². The molecule has 0 saturated heterocycles. The monoisotopic (exact) mass is 136 g/mol. The molecule has 1 saturated carbocycles. The predicted molar refractivity (Wildman–Crippen MR) is 43.8 cm³/mol. The van der Waals surface area contributed by atoms with Crippen LogP contribution in [0.5, 0.6) is 0 Å². The Morgan fingerprint density at radius 1 is 0.900 bits per heavy atom. The second kappa shape index (κ2) is 2.77. The van der Waals surface area contributed by atoms with Gasteiger partial charge in [-0.25, -0.2) is 0 Å². The van der Waals surface area contributed by atoms with Crippen LogP contribution in [-0.4, -0.2) is 0 Å². The quantitative estimate of drug-likeness (QED) is 0.449. The summed E-state index contributed by atoms with van der Waals surface area (Å²) < 4.78 is 0. The summed E-state index contributed by atoms with van der Waals surface area (Å²) >= 11 is 0. The molecular weight excluding hydrogens is 120 g/mol. The Morgan fingerprint density at radius 2 is 1.70 bits per heavy atom. The van der Waals surface area contributed by atoms with E-state index in [1.54, 1.807) is 0 Å². The van der Waals surface area contributed by atoms with E-state index in [-0.39, 0.29) is 0 Å². The van der Waals surface area contributed by atoms with E-state index in [9.17, 15) is 0 Å². The van der Waals surface area contributed by atoms with Gasteiger partial charge in [-0.05, 0) is 50.4 Å². The van der Waals surface area contributed by atoms with Crippen LogP contribution in [-0.2, 0) is 0 Å². The minimum atomic E-state index is 0.955. The van der Waals surface area contributed by atoms with Crippen molar-refractivity contribution in [1.82, 2.24) is 0 Å². The second-order valence-electron chi connectivity index (χ2n) is 3.79. The van der Waals surface area contributed by atoms with Gasteiger partial charge in [-0.2, -0.15) is 0 Å². The zero-order valence-corrected chi connectivity index (χ0v) is 6.55. The van der Waals surface area contributed by atoms with Crippen LogP contribution in [0.3, 0.4) is 0 Å². The van der Waals surface area contributed by atoms with Gasteiger partial charge in [0.05, 0.1) is 0 Å². The lowest BCUT2D eigenvalue weighted by Crippen LogP contribution is -2.14. The van der Waals surface area contributed by atoms with Crippen LogP contribution in [0, 0.1) is 11.8 Å². The van der Waals surface area contributed by atoms with Crippen molar-refractivity contribution >= 4 is 0 Å². The molecule has 0 atom stereocenters. The third kappa shape index (κ3) is 1.25. The SMILES string of the molecule is C1=C\C2CCC(CC/1)CC2. The van der Waals surface area contributed by atoms with Crippen molar-refractivity contribution in [3.05, 3.63) is 12.2 Å². The average Bonchev–Trinajstić information content (AvgIpc) is 1.89. The van der Waals surface area contributed by atoms with Crippen LogP contribution in [0.2, 0.25) is 0 Å². The van der Waals surface area contributed by atoms with Crippen LogP contribution < -0.4 is 0 Å². The summed E-state index contributed by atoms with van der Waals surface area (Å²) in [6.45, 7) is 0. The topological polar surface area (TPSA) is 0 Å². The van der Waals surface area contributed by atoms with Crippen molar-refractivity contribution in [2.45, 2.75) is 38.5 Å². The Balaban J connectivity index is 2.07. The number of allylic oxidation sites excluding steroid dienone is 2. The molecule has 0 N–H and O–H groups in total. The maximum atomic E-state index is 2.45. The van der Waals surface area contributed by atoms with Crippen molar-refractivity contribution in [1.29, 1.82) is 0 Å². The number of hydrogen-bond acceptors (Lipinski definition) is 0. The van der Waals surface area contributed by atoms with Crippen LogP contribution >= 0.6 is 0 Å². The second-order valence-corrected chi connectivity index (χ2v) is 3.79. The Morgan fingerprint density at radius 3 is 2.50 bits per heavy atom. The Kier molecular flexibility index (Phi) is 1.79. The fourth-order valence-corrected chi connectivity index (χ4v) is 2.29. The average molecular weight is 136 g/mol. The molecular formula is C10H16. The highest BCUT2D eigenvalue weighted by Crippen LogP contribution is 2.34. The van der Waals surface area contributed by atoms with Crippen molar-refractivity contribution in [3.63, 3.8) is 0 Å². The van der Waals surface area contributed by atoms with Gasteiger partial charge in [0.1, 0.15) is 0 Å². The molecule has 0 nitrogen and oxygen atoms in total. The van der Waals surface area contributed by atoms with Crippen molar-refractivity contribution in [2.75, 3.05) is 0 Å². The zero-order chi connectivity index (χ0) is 6.81. The van der Waals surface area contributed by atoms with E-state index < -0.39 is 0 Å². The highest BCUT2D eigenvalue weighted by Gasteiger charge is 2.20. The Labute approximate surface area is 63.3 Å². The van der Waals surface area contributed by atoms with Gasteiger partial charge >= 0.3 is 0 Å². The lowest BCUT2D eigenvalue weighted by Gasteiger charge is -2.28. The number of fused-ring (bicyclic) bond motifs is 4. The first-order valence-corrected chi connectivity index (χ1v) is 4.62. The number of hydrogen-bond donors (Lipinski definition) is 0. The van der Waals surface area contributed by atoms with E-state index in [4.69, 9.17) is 0 Å². The number of rotatable bonds is 0. The molecule has 2 bridgehead atoms. The molecule has 0 amide bonds. The van der Waals surface area contributed by atoms with Gasteiger partial charge in [0.15, 0.2) is 0 Å². The maximum absolute atomic E-state index is 2.45. The zero-order valence-electron chi connectivity index (χ0n) is 6.55. The molecule has 0 heterocycles. The van der Waals surface area contributed by atoms with E-state index >= 15 is 0 Å². The van der Waals surface area contributed by atoms with Gasteiger partial charge in [0.2, 0.25) is 0 Å². The van der Waals surface area contributed by atoms with Crippen LogP contribution in [0.4, 0.5) is 0 Å². The van der Waals surface area contributed by atoms with Crippen molar-refractivity contribution in [3.8, 4) is 0 Å². The van der Waals surface area contributed by atoms with E-state index in [1.165, 1.54) is 38.5 Å². The first-order valence-electron chi connectivity index (χ1n) is 4.62. The molecule has 56 valence electrons. The predicted octanol–water partition coefficient (Wildman–Crippen LogP) is 3.14. The molecule has 10 heavy (non-hydrogen) atoms. The smallest absolute Gasteiger partial charge is 0.0233 e. The van der Waals surface area contributed by atoms with Crippen molar-refractivity contribution in [2.24, 2.45) is 11.8 Å². The van der Waals surface area contributed by atoms with Gasteiger partial charge in [-0.3, -0.25) is 0 Å². The summed E-state index contributed by atoms with van der Waals surface area (Å²) in [6.07, 6.45) is 13.6. The minimum absolute atomic E-state index is 0.955. The molecule has 1 fully saturated rings. The Hall–Kier alpha value is -0.260. The lowest BCUT2D eigenvalue weighted by molar-refractivity contribution is 0.289. The fraction of sp³-hybridized carbons (Fsp3) is 0.800. The summed E-state index contributed by atoms with van der Waals surface area (Å²) in [4.78, 5) is 0. The van der Waals surface area contributed by atoms with E-state index in [2.05, 4.69) is 12.2 Å². The highest BCUT2D eigenvalue weighted by atomic mass is 14.3. The standard InChI is InChI=1S/C10H16/c1-2-4-10-7-5-9(3-1)6-8-10/h1,3,9-10H,2,4-8H2/b3-1-. The van der Waals surface area contributed by atoms with Crippen LogP contribution in [0.25, 0.3) is 0 Å². The molecule has 0 aromatic rings. The molecule has 0 aliphatic heterocycles. The molecule has 0 spiro atoms. The Bertz CT molecular complexity index is 127. The van der Waals surface area contributed by atoms with Gasteiger partial charge in [-0.15, -0.1) is 0 Å². The van der Waals surface area contributed by atoms with Crippen LogP contribution in [0.15, 0.2) is 12.2 Å². The summed E-state index contributed by atoms with van der Waals surface area (Å²) in [5, 5.41) is 0. The molecule has 0 radical (unpaired) electrons. The largest absolute Gasteiger partial charge is 0.0882 e. The summed E-state index contributed by atoms with van der Waals surface area (Å²) in [5.74, 6) is 2.04. The molecule has 3 aliphatic carbocycles. The first kappa shape index (κ1) is 6.45. The normalized spacial score (nSPS) is 42.4. The third-order valence-corrected chi connectivity index (χ3v) is 3.04. The third-order valence-electron chi connectivity index (χ3n) is 3.04. The van der Waals surface area contributed by atoms with Gasteiger partial charge in [-0.1, -0.05) is 12.2 Å². The molecule has 0 aromatic heterocycles. The molecule has 3 rings (SSSR count). The molecule has 3 aliphatic rings. The van der Waals surface area contributed by atoms with Crippen LogP contribution in [0.1, 0.15) is 38.5 Å². The maximum Gasteiger partial charge on any atom is -0.0233 e. The summed E-state index contributed by atoms with van der Waals surface area (Å²) in [7, 11) is 0. The van der Waals surface area contributed by atoms with Gasteiger partial charge in [0, 0.05) is 0 Å². The first-order chi connectivity index (χ1) is 4.95. The molecule has 0 heteroatoms. The molecule has 0 aromatic carbocycles. The fourth-order valence-electron chi connectivity index (χ4n) is 2.29. The molecule has 0 unspecified atom stereocenters. The van der Waals surface area contributed by atoms with Gasteiger partial charge in [0.25, 0.3) is 0 Å². The summed E-state index contributed by atoms with van der Waals surface area (Å²) in [5.41, 5.74) is 0. The van der Waals surface area contributed by atoms with Gasteiger partial charge < -0.3 is 0 Å². The highest BCUT2D eigenvalue weighted by molar-refractivity contribution is 4.94. The van der Waals surface area contributed by atoms with E-state index in [0.717, 1.165) is 11.8 Å².